The number of carbonyl (C=O) groups excluding carboxylic acids is 2. The molecule has 28 heavy (non-hydrogen) atoms. The molecule has 9 heteroatoms. The van der Waals surface area contributed by atoms with Crippen LogP contribution in [-0.2, 0) is 16.0 Å². The van der Waals surface area contributed by atoms with Crippen molar-refractivity contribution in [3.63, 3.8) is 0 Å². The predicted molar refractivity (Wildman–Crippen MR) is 104 cm³/mol. The van der Waals surface area contributed by atoms with Gasteiger partial charge in [-0.2, -0.15) is 4.98 Å². The molecule has 1 aliphatic heterocycles. The van der Waals surface area contributed by atoms with Crippen molar-refractivity contribution in [3.8, 4) is 11.4 Å². The molecule has 150 valence electrons. The number of amides is 2. The first-order valence-electron chi connectivity index (χ1n) is 9.29. The molecule has 0 spiro atoms. The molecule has 2 atom stereocenters. The highest BCUT2D eigenvalue weighted by Gasteiger charge is 2.28. The molecule has 1 saturated heterocycles. The van der Waals surface area contributed by atoms with Gasteiger partial charge < -0.3 is 20.5 Å². The number of benzene rings is 1. The summed E-state index contributed by atoms with van der Waals surface area (Å²) in [5.74, 6) is 0.518. The average Bonchev–Trinajstić information content (AvgIpc) is 3.03. The van der Waals surface area contributed by atoms with E-state index in [9.17, 15) is 9.59 Å². The van der Waals surface area contributed by atoms with Crippen molar-refractivity contribution in [2.24, 2.45) is 11.7 Å². The molecule has 3 rings (SSSR count). The van der Waals surface area contributed by atoms with Crippen LogP contribution in [-0.4, -0.2) is 52.5 Å². The van der Waals surface area contributed by atoms with Crippen LogP contribution >= 0.6 is 11.6 Å². The molecule has 0 unspecified atom stereocenters. The van der Waals surface area contributed by atoms with E-state index in [0.717, 1.165) is 12.0 Å². The normalized spacial score (nSPS) is 19.9. The molecule has 8 nitrogen and oxygen atoms in total. The van der Waals surface area contributed by atoms with E-state index in [1.165, 1.54) is 6.92 Å². The van der Waals surface area contributed by atoms with Crippen LogP contribution in [0.2, 0.25) is 5.02 Å². The van der Waals surface area contributed by atoms with Crippen LogP contribution in [0.3, 0.4) is 0 Å². The SMILES string of the molecule is CC(=O)N1C[C@@H](N)CC[C@@H](C(=O)NCCc2nc(-c3ccc(Cl)cc3)no2)C1. The van der Waals surface area contributed by atoms with E-state index in [2.05, 4.69) is 15.5 Å². The molecule has 0 aliphatic carbocycles. The fourth-order valence-electron chi connectivity index (χ4n) is 3.20. The van der Waals surface area contributed by atoms with Gasteiger partial charge in [-0.3, -0.25) is 9.59 Å². The number of carbonyl (C=O) groups is 2. The second-order valence-electron chi connectivity index (χ2n) is 7.02. The second kappa shape index (κ2) is 9.16. The number of halogens is 1. The van der Waals surface area contributed by atoms with Crippen LogP contribution in [0.1, 0.15) is 25.7 Å². The van der Waals surface area contributed by atoms with E-state index in [1.807, 2.05) is 12.1 Å². The van der Waals surface area contributed by atoms with Gasteiger partial charge in [0.05, 0.1) is 5.92 Å². The number of nitrogens with zero attached hydrogens (tertiary/aromatic N) is 3. The minimum absolute atomic E-state index is 0.0595. The number of aromatic nitrogens is 2. The summed E-state index contributed by atoms with van der Waals surface area (Å²) >= 11 is 5.88. The number of hydrogen-bond donors (Lipinski definition) is 2. The molecular weight excluding hydrogens is 382 g/mol. The monoisotopic (exact) mass is 405 g/mol. The summed E-state index contributed by atoms with van der Waals surface area (Å²) in [6.45, 7) is 2.77. The van der Waals surface area contributed by atoms with Crippen molar-refractivity contribution in [1.29, 1.82) is 0 Å². The Hall–Kier alpha value is -2.45. The van der Waals surface area contributed by atoms with Gasteiger partial charge in [-0.25, -0.2) is 0 Å². The molecule has 0 radical (unpaired) electrons. The highest BCUT2D eigenvalue weighted by atomic mass is 35.5. The van der Waals surface area contributed by atoms with Crippen molar-refractivity contribution < 1.29 is 14.1 Å². The highest BCUT2D eigenvalue weighted by Crippen LogP contribution is 2.19. The van der Waals surface area contributed by atoms with Crippen LogP contribution in [0.4, 0.5) is 0 Å². The summed E-state index contributed by atoms with van der Waals surface area (Å²) < 4.78 is 5.24. The Morgan fingerprint density at radius 2 is 2.04 bits per heavy atom. The van der Waals surface area contributed by atoms with E-state index in [-0.39, 0.29) is 23.8 Å². The Bertz CT molecular complexity index is 823. The minimum atomic E-state index is -0.259. The third-order valence-corrected chi connectivity index (χ3v) is 5.06. The molecule has 0 saturated carbocycles. The van der Waals surface area contributed by atoms with Crippen molar-refractivity contribution in [2.45, 2.75) is 32.2 Å². The zero-order valence-corrected chi connectivity index (χ0v) is 16.5. The van der Waals surface area contributed by atoms with Crippen LogP contribution in [0.25, 0.3) is 11.4 Å². The van der Waals surface area contributed by atoms with Gasteiger partial charge in [-0.1, -0.05) is 16.8 Å². The summed E-state index contributed by atoms with van der Waals surface area (Å²) in [5.41, 5.74) is 6.81. The van der Waals surface area contributed by atoms with Crippen LogP contribution < -0.4 is 11.1 Å². The Morgan fingerprint density at radius 1 is 1.29 bits per heavy atom. The Kier molecular flexibility index (Phi) is 6.64. The van der Waals surface area contributed by atoms with E-state index < -0.39 is 0 Å². The number of rotatable bonds is 5. The molecule has 1 aromatic heterocycles. The lowest BCUT2D eigenvalue weighted by Gasteiger charge is -2.23. The van der Waals surface area contributed by atoms with Crippen molar-refractivity contribution in [2.75, 3.05) is 19.6 Å². The molecule has 1 aliphatic rings. The zero-order chi connectivity index (χ0) is 20.1. The van der Waals surface area contributed by atoms with E-state index in [4.69, 9.17) is 21.9 Å². The summed E-state index contributed by atoms with van der Waals surface area (Å²) in [5, 5.41) is 7.49. The lowest BCUT2D eigenvalue weighted by Crippen LogP contribution is -2.42. The maximum Gasteiger partial charge on any atom is 0.228 e. The van der Waals surface area contributed by atoms with Gasteiger partial charge in [-0.05, 0) is 37.1 Å². The van der Waals surface area contributed by atoms with Crippen LogP contribution in [0.5, 0.6) is 0 Å². The highest BCUT2D eigenvalue weighted by molar-refractivity contribution is 6.30. The van der Waals surface area contributed by atoms with Crippen molar-refractivity contribution >= 4 is 23.4 Å². The molecule has 2 amide bonds. The molecule has 1 fully saturated rings. The summed E-state index contributed by atoms with van der Waals surface area (Å²) in [7, 11) is 0. The number of hydrogen-bond acceptors (Lipinski definition) is 6. The van der Waals surface area contributed by atoms with Gasteiger partial charge in [0.2, 0.25) is 23.5 Å². The lowest BCUT2D eigenvalue weighted by atomic mass is 10.0. The first-order chi connectivity index (χ1) is 13.4. The zero-order valence-electron chi connectivity index (χ0n) is 15.7. The molecular formula is C19H24ClN5O3. The molecule has 0 bridgehead atoms. The minimum Gasteiger partial charge on any atom is -0.355 e. The predicted octanol–water partition coefficient (Wildman–Crippen LogP) is 1.63. The van der Waals surface area contributed by atoms with Gasteiger partial charge in [0.15, 0.2) is 0 Å². The first kappa shape index (κ1) is 20.3. The van der Waals surface area contributed by atoms with E-state index in [1.54, 1.807) is 17.0 Å². The smallest absolute Gasteiger partial charge is 0.228 e. The molecule has 1 aromatic carbocycles. The van der Waals surface area contributed by atoms with Crippen LogP contribution in [0, 0.1) is 5.92 Å². The third-order valence-electron chi connectivity index (χ3n) is 4.81. The summed E-state index contributed by atoms with van der Waals surface area (Å²) in [4.78, 5) is 30.2. The van der Waals surface area contributed by atoms with Gasteiger partial charge in [0, 0.05) is 49.6 Å². The topological polar surface area (TPSA) is 114 Å². The van der Waals surface area contributed by atoms with Gasteiger partial charge in [0.1, 0.15) is 0 Å². The number of nitrogens with one attached hydrogen (secondary N) is 1. The average molecular weight is 406 g/mol. The quantitative estimate of drug-likeness (QED) is 0.781. The standard InChI is InChI=1S/C19H24ClN5O3/c1-12(26)25-10-14(4-7-16(21)11-25)19(27)22-9-8-17-23-18(24-28-17)13-2-5-15(20)6-3-13/h2-3,5-6,14,16H,4,7-11,21H2,1H3,(H,22,27)/t14-,16+/m1/s1. The first-order valence-corrected chi connectivity index (χ1v) is 9.67. The Morgan fingerprint density at radius 3 is 2.75 bits per heavy atom. The molecule has 3 N–H and O–H groups in total. The second-order valence-corrected chi connectivity index (χ2v) is 7.45. The van der Waals surface area contributed by atoms with Gasteiger partial charge in [-0.15, -0.1) is 0 Å². The summed E-state index contributed by atoms with van der Waals surface area (Å²) in [6.07, 6.45) is 1.81. The maximum atomic E-state index is 12.5. The largest absolute Gasteiger partial charge is 0.355 e. The number of likely N-dealkylation sites (tertiary alicyclic amines) is 1. The fraction of sp³-hybridized carbons (Fsp3) is 0.474. The lowest BCUT2D eigenvalue weighted by molar-refractivity contribution is -0.131. The number of nitrogens with two attached hydrogens (primary N) is 1. The summed E-state index contributed by atoms with van der Waals surface area (Å²) in [6, 6.07) is 7.06. The van der Waals surface area contributed by atoms with Gasteiger partial charge in [0.25, 0.3) is 0 Å². The fourth-order valence-corrected chi connectivity index (χ4v) is 3.33. The van der Waals surface area contributed by atoms with Crippen molar-refractivity contribution in [3.05, 3.63) is 35.2 Å². The Balaban J connectivity index is 1.51. The van der Waals surface area contributed by atoms with E-state index >= 15 is 0 Å². The Labute approximate surface area is 168 Å². The molecule has 2 heterocycles. The van der Waals surface area contributed by atoms with E-state index in [0.29, 0.717) is 49.2 Å². The third kappa shape index (κ3) is 5.30. The molecule has 2 aromatic rings. The van der Waals surface area contributed by atoms with Crippen LogP contribution in [0.15, 0.2) is 28.8 Å². The maximum absolute atomic E-state index is 12.5. The van der Waals surface area contributed by atoms with Crippen molar-refractivity contribution in [1.82, 2.24) is 20.4 Å². The van der Waals surface area contributed by atoms with Gasteiger partial charge >= 0.3 is 0 Å².